The number of hydrogen-bond donors (Lipinski definition) is 1. The summed E-state index contributed by atoms with van der Waals surface area (Å²) in [5.41, 5.74) is 2.07. The number of rotatable bonds is 7. The molecule has 0 aliphatic carbocycles. The van der Waals surface area contributed by atoms with Gasteiger partial charge in [0.2, 0.25) is 0 Å². The largest absolute Gasteiger partial charge is 0.435 e. The van der Waals surface area contributed by atoms with E-state index >= 15 is 0 Å². The van der Waals surface area contributed by atoms with Gasteiger partial charge in [-0.3, -0.25) is 4.68 Å². The highest BCUT2D eigenvalue weighted by atomic mass is 19.3. The summed E-state index contributed by atoms with van der Waals surface area (Å²) in [5.74, 6) is 0.175. The molecular formula is C15H19F2N3O. The summed E-state index contributed by atoms with van der Waals surface area (Å²) in [6.07, 6.45) is 2.76. The predicted octanol–water partition coefficient (Wildman–Crippen LogP) is 2.91. The average molecular weight is 295 g/mol. The van der Waals surface area contributed by atoms with E-state index in [1.807, 2.05) is 26.2 Å². The normalized spacial score (nSPS) is 12.6. The summed E-state index contributed by atoms with van der Waals surface area (Å²) in [4.78, 5) is 0. The Bertz CT molecular complexity index is 554. The Labute approximate surface area is 122 Å². The lowest BCUT2D eigenvalue weighted by atomic mass is 10.1. The third-order valence-corrected chi connectivity index (χ3v) is 3.21. The lowest BCUT2D eigenvalue weighted by Crippen LogP contribution is -2.21. The third-order valence-electron chi connectivity index (χ3n) is 3.21. The van der Waals surface area contributed by atoms with Crippen LogP contribution in [-0.4, -0.2) is 22.9 Å². The molecule has 0 aliphatic heterocycles. The molecular weight excluding hydrogens is 276 g/mol. The fourth-order valence-electron chi connectivity index (χ4n) is 2.07. The van der Waals surface area contributed by atoms with Crippen molar-refractivity contribution in [1.82, 2.24) is 15.1 Å². The molecule has 0 radical (unpaired) electrons. The second kappa shape index (κ2) is 7.17. The zero-order valence-corrected chi connectivity index (χ0v) is 12.1. The number of benzene rings is 1. The summed E-state index contributed by atoms with van der Waals surface area (Å²) in [6.45, 7) is 0.0410. The summed E-state index contributed by atoms with van der Waals surface area (Å²) >= 11 is 0. The highest BCUT2D eigenvalue weighted by molar-refractivity contribution is 5.28. The molecule has 21 heavy (non-hydrogen) atoms. The van der Waals surface area contributed by atoms with Crippen LogP contribution in [0.2, 0.25) is 0 Å². The Balaban J connectivity index is 1.81. The molecule has 2 aromatic rings. The van der Waals surface area contributed by atoms with Gasteiger partial charge in [0, 0.05) is 32.3 Å². The molecule has 114 valence electrons. The molecule has 1 unspecified atom stereocenters. The van der Waals surface area contributed by atoms with E-state index < -0.39 is 6.61 Å². The molecule has 4 nitrogen and oxygen atoms in total. The molecule has 0 spiro atoms. The number of nitrogens with zero attached hydrogens (tertiary/aromatic N) is 2. The SMILES string of the molecule is CC(NCCc1ccn(C)n1)c1ccc(OC(F)F)cc1. The maximum absolute atomic E-state index is 12.1. The van der Waals surface area contributed by atoms with E-state index in [4.69, 9.17) is 0 Å². The van der Waals surface area contributed by atoms with Crippen molar-refractivity contribution in [2.45, 2.75) is 26.0 Å². The monoisotopic (exact) mass is 295 g/mol. The lowest BCUT2D eigenvalue weighted by molar-refractivity contribution is -0.0498. The van der Waals surface area contributed by atoms with E-state index in [9.17, 15) is 8.78 Å². The summed E-state index contributed by atoms with van der Waals surface area (Å²) in [6, 6.07) is 8.81. The second-order valence-corrected chi connectivity index (χ2v) is 4.85. The molecule has 0 fully saturated rings. The lowest BCUT2D eigenvalue weighted by Gasteiger charge is -2.14. The Morgan fingerprint density at radius 2 is 1.95 bits per heavy atom. The van der Waals surface area contributed by atoms with Gasteiger partial charge in [-0.25, -0.2) is 0 Å². The van der Waals surface area contributed by atoms with E-state index in [0.29, 0.717) is 0 Å². The molecule has 1 aromatic carbocycles. The van der Waals surface area contributed by atoms with Gasteiger partial charge >= 0.3 is 6.61 Å². The van der Waals surface area contributed by atoms with Crippen LogP contribution in [0.3, 0.4) is 0 Å². The van der Waals surface area contributed by atoms with E-state index in [1.54, 1.807) is 28.9 Å². The minimum Gasteiger partial charge on any atom is -0.435 e. The van der Waals surface area contributed by atoms with E-state index in [1.165, 1.54) is 0 Å². The van der Waals surface area contributed by atoms with E-state index in [2.05, 4.69) is 15.2 Å². The first kappa shape index (κ1) is 15.4. The second-order valence-electron chi connectivity index (χ2n) is 4.85. The molecule has 0 saturated carbocycles. The van der Waals surface area contributed by atoms with Gasteiger partial charge in [0.25, 0.3) is 0 Å². The minimum absolute atomic E-state index is 0.134. The van der Waals surface area contributed by atoms with Gasteiger partial charge in [-0.2, -0.15) is 13.9 Å². The molecule has 0 bridgehead atoms. The van der Waals surface area contributed by atoms with Crippen molar-refractivity contribution in [3.8, 4) is 5.75 Å². The van der Waals surface area contributed by atoms with Crippen LogP contribution in [0.25, 0.3) is 0 Å². The first-order chi connectivity index (χ1) is 10.0. The van der Waals surface area contributed by atoms with Crippen LogP contribution in [0.5, 0.6) is 5.75 Å². The molecule has 1 atom stereocenters. The van der Waals surface area contributed by atoms with Gasteiger partial charge < -0.3 is 10.1 Å². The van der Waals surface area contributed by atoms with E-state index in [-0.39, 0.29) is 11.8 Å². The van der Waals surface area contributed by atoms with Crippen molar-refractivity contribution < 1.29 is 13.5 Å². The van der Waals surface area contributed by atoms with Gasteiger partial charge in [0.05, 0.1) is 5.69 Å². The fourth-order valence-corrected chi connectivity index (χ4v) is 2.07. The number of hydrogen-bond acceptors (Lipinski definition) is 3. The molecule has 0 amide bonds. The van der Waals surface area contributed by atoms with Crippen LogP contribution in [0.1, 0.15) is 24.2 Å². The molecule has 2 rings (SSSR count). The van der Waals surface area contributed by atoms with Crippen molar-refractivity contribution in [2.24, 2.45) is 7.05 Å². The Kier molecular flexibility index (Phi) is 5.27. The number of aromatic nitrogens is 2. The molecule has 0 aliphatic rings. The summed E-state index contributed by atoms with van der Waals surface area (Å²) in [5, 5.41) is 7.69. The zero-order chi connectivity index (χ0) is 15.2. The van der Waals surface area contributed by atoms with Crippen LogP contribution < -0.4 is 10.1 Å². The Morgan fingerprint density at radius 3 is 2.52 bits per heavy atom. The average Bonchev–Trinajstić information content (AvgIpc) is 2.84. The quantitative estimate of drug-likeness (QED) is 0.853. The van der Waals surface area contributed by atoms with Gasteiger partial charge in [-0.15, -0.1) is 0 Å². The van der Waals surface area contributed by atoms with Crippen molar-refractivity contribution in [3.63, 3.8) is 0 Å². The summed E-state index contributed by atoms with van der Waals surface area (Å²) in [7, 11) is 1.89. The number of halogens is 2. The van der Waals surface area contributed by atoms with Crippen LogP contribution in [-0.2, 0) is 13.5 Å². The number of alkyl halides is 2. The van der Waals surface area contributed by atoms with Crippen LogP contribution in [0, 0.1) is 0 Å². The van der Waals surface area contributed by atoms with Crippen LogP contribution >= 0.6 is 0 Å². The first-order valence-corrected chi connectivity index (χ1v) is 6.81. The standard InChI is InChI=1S/C15H19F2N3O/c1-11(18-9-7-13-8-10-20(2)19-13)12-3-5-14(6-4-12)21-15(16)17/h3-6,8,10-11,15,18H,7,9H2,1-2H3. The topological polar surface area (TPSA) is 39.1 Å². The zero-order valence-electron chi connectivity index (χ0n) is 12.1. The molecule has 1 N–H and O–H groups in total. The van der Waals surface area contributed by atoms with Crippen molar-refractivity contribution in [1.29, 1.82) is 0 Å². The van der Waals surface area contributed by atoms with Crippen LogP contribution in [0.4, 0.5) is 8.78 Å². The first-order valence-electron chi connectivity index (χ1n) is 6.81. The number of nitrogens with one attached hydrogen (secondary N) is 1. The molecule has 1 heterocycles. The third kappa shape index (κ3) is 4.82. The Morgan fingerprint density at radius 1 is 1.24 bits per heavy atom. The van der Waals surface area contributed by atoms with Crippen molar-refractivity contribution in [3.05, 3.63) is 47.8 Å². The molecule has 1 aromatic heterocycles. The van der Waals surface area contributed by atoms with Crippen molar-refractivity contribution >= 4 is 0 Å². The molecule has 6 heteroatoms. The van der Waals surface area contributed by atoms with Gasteiger partial charge in [-0.05, 0) is 30.7 Å². The van der Waals surface area contributed by atoms with E-state index in [0.717, 1.165) is 24.2 Å². The smallest absolute Gasteiger partial charge is 0.387 e. The summed E-state index contributed by atoms with van der Waals surface area (Å²) < 4.78 is 30.2. The number of aryl methyl sites for hydroxylation is 1. The van der Waals surface area contributed by atoms with Crippen LogP contribution in [0.15, 0.2) is 36.5 Å². The fraction of sp³-hybridized carbons (Fsp3) is 0.400. The van der Waals surface area contributed by atoms with Gasteiger partial charge in [0.1, 0.15) is 5.75 Å². The van der Waals surface area contributed by atoms with Gasteiger partial charge in [0.15, 0.2) is 0 Å². The maximum atomic E-state index is 12.1. The van der Waals surface area contributed by atoms with Gasteiger partial charge in [-0.1, -0.05) is 12.1 Å². The Hall–Kier alpha value is -1.95. The number of ether oxygens (including phenoxy) is 1. The van der Waals surface area contributed by atoms with Crippen molar-refractivity contribution in [2.75, 3.05) is 6.54 Å². The minimum atomic E-state index is -2.79. The molecule has 0 saturated heterocycles. The highest BCUT2D eigenvalue weighted by Gasteiger charge is 2.07. The maximum Gasteiger partial charge on any atom is 0.387 e. The predicted molar refractivity (Wildman–Crippen MR) is 76.4 cm³/mol. The highest BCUT2D eigenvalue weighted by Crippen LogP contribution is 2.19.